The molecule has 1 aliphatic rings. The third kappa shape index (κ3) is 3.92. The lowest BCUT2D eigenvalue weighted by Gasteiger charge is -2.25. The van der Waals surface area contributed by atoms with Crippen LogP contribution < -0.4 is 0 Å². The molecule has 1 aliphatic carbocycles. The highest BCUT2D eigenvalue weighted by Gasteiger charge is 2.33. The Morgan fingerprint density at radius 1 is 1.50 bits per heavy atom. The van der Waals surface area contributed by atoms with Crippen molar-refractivity contribution >= 4 is 23.6 Å². The Morgan fingerprint density at radius 2 is 2.18 bits per heavy atom. The monoisotopic (exact) mass is 323 g/mol. The first kappa shape index (κ1) is 17.1. The summed E-state index contributed by atoms with van der Waals surface area (Å²) in [6.45, 7) is 9.01. The fourth-order valence-corrected chi connectivity index (χ4v) is 2.98. The van der Waals surface area contributed by atoms with E-state index < -0.39 is 0 Å². The Morgan fingerprint density at radius 3 is 2.73 bits per heavy atom. The molecule has 1 amide bonds. The Kier molecular flexibility index (Phi) is 5.68. The first-order valence-corrected chi connectivity index (χ1v) is 8.56. The number of nitrogens with zero attached hydrogens (tertiary/aromatic N) is 3. The molecule has 22 heavy (non-hydrogen) atoms. The highest BCUT2D eigenvalue weighted by Crippen LogP contribution is 2.29. The second-order valence-corrected chi connectivity index (χ2v) is 6.63. The molecule has 0 spiro atoms. The average molecular weight is 324 g/mol. The quantitative estimate of drug-likeness (QED) is 0.710. The zero-order valence-corrected chi connectivity index (χ0v) is 14.7. The minimum atomic E-state index is 0.0641. The molecule has 0 aromatic carbocycles. The van der Waals surface area contributed by atoms with Crippen LogP contribution in [-0.2, 0) is 11.3 Å². The van der Waals surface area contributed by atoms with Crippen LogP contribution in [0.15, 0.2) is 6.08 Å². The van der Waals surface area contributed by atoms with E-state index in [4.69, 9.17) is 11.6 Å². The lowest BCUT2D eigenvalue weighted by Crippen LogP contribution is -2.37. The number of carbonyl (C=O) groups excluding carboxylic acids is 1. The summed E-state index contributed by atoms with van der Waals surface area (Å²) in [5.41, 5.74) is 1.72. The fraction of sp³-hybridized carbons (Fsp3) is 0.647. The molecule has 0 saturated heterocycles. The largest absolute Gasteiger partial charge is 0.334 e. The predicted molar refractivity (Wildman–Crippen MR) is 90.9 cm³/mol. The van der Waals surface area contributed by atoms with Crippen LogP contribution in [0, 0.1) is 6.92 Å². The van der Waals surface area contributed by atoms with E-state index in [1.807, 2.05) is 22.6 Å². The number of rotatable bonds is 7. The zero-order chi connectivity index (χ0) is 16.3. The summed E-state index contributed by atoms with van der Waals surface area (Å²) < 4.78 is 1.83. The topological polar surface area (TPSA) is 38.1 Å². The second kappa shape index (κ2) is 7.32. The summed E-state index contributed by atoms with van der Waals surface area (Å²) in [7, 11) is 0. The van der Waals surface area contributed by atoms with E-state index in [9.17, 15) is 4.79 Å². The van der Waals surface area contributed by atoms with Crippen LogP contribution in [0.1, 0.15) is 57.7 Å². The van der Waals surface area contributed by atoms with Crippen molar-refractivity contribution in [2.75, 3.05) is 0 Å². The van der Waals surface area contributed by atoms with E-state index in [0.29, 0.717) is 11.2 Å². The summed E-state index contributed by atoms with van der Waals surface area (Å²) >= 11 is 6.39. The van der Waals surface area contributed by atoms with Crippen LogP contribution in [0.4, 0.5) is 0 Å². The molecular weight excluding hydrogens is 298 g/mol. The third-order valence-corrected chi connectivity index (χ3v) is 4.38. The van der Waals surface area contributed by atoms with E-state index in [2.05, 4.69) is 25.9 Å². The number of amides is 1. The van der Waals surface area contributed by atoms with Gasteiger partial charge in [0.2, 0.25) is 5.91 Å². The van der Waals surface area contributed by atoms with Gasteiger partial charge in [0.25, 0.3) is 0 Å². The molecule has 0 aliphatic heterocycles. The summed E-state index contributed by atoms with van der Waals surface area (Å²) in [6, 6.07) is 0.648. The molecule has 0 atom stereocenters. The van der Waals surface area contributed by atoms with Crippen molar-refractivity contribution in [2.45, 2.75) is 72.0 Å². The van der Waals surface area contributed by atoms with Crippen molar-refractivity contribution in [1.82, 2.24) is 14.7 Å². The van der Waals surface area contributed by atoms with Gasteiger partial charge in [-0.15, -0.1) is 0 Å². The van der Waals surface area contributed by atoms with E-state index in [-0.39, 0.29) is 11.9 Å². The first-order valence-electron chi connectivity index (χ1n) is 8.19. The number of hydrogen-bond acceptors (Lipinski definition) is 2. The Balaban J connectivity index is 2.12. The Hall–Kier alpha value is -1.29. The van der Waals surface area contributed by atoms with Gasteiger partial charge in [-0.1, -0.05) is 24.9 Å². The van der Waals surface area contributed by atoms with Gasteiger partial charge in [-0.3, -0.25) is 9.48 Å². The highest BCUT2D eigenvalue weighted by atomic mass is 35.5. The van der Waals surface area contributed by atoms with Gasteiger partial charge in [0, 0.05) is 30.3 Å². The van der Waals surface area contributed by atoms with E-state index in [0.717, 1.165) is 43.5 Å². The summed E-state index contributed by atoms with van der Waals surface area (Å²) in [4.78, 5) is 14.4. The molecule has 1 fully saturated rings. The number of aromatic nitrogens is 2. The van der Waals surface area contributed by atoms with Gasteiger partial charge < -0.3 is 4.90 Å². The molecule has 1 aromatic rings. The van der Waals surface area contributed by atoms with Crippen molar-refractivity contribution in [3.63, 3.8) is 0 Å². The molecular formula is C17H26ClN3O. The van der Waals surface area contributed by atoms with E-state index >= 15 is 0 Å². The third-order valence-electron chi connectivity index (χ3n) is 3.98. The van der Waals surface area contributed by atoms with Gasteiger partial charge in [-0.05, 0) is 46.1 Å². The minimum Gasteiger partial charge on any atom is -0.334 e. The molecule has 0 bridgehead atoms. The predicted octanol–water partition coefficient (Wildman–Crippen LogP) is 4.06. The smallest absolute Gasteiger partial charge is 0.247 e. The molecule has 122 valence electrons. The molecule has 1 saturated carbocycles. The molecule has 2 rings (SSSR count). The minimum absolute atomic E-state index is 0.0641. The maximum absolute atomic E-state index is 12.4. The maximum atomic E-state index is 12.4. The van der Waals surface area contributed by atoms with Crippen LogP contribution >= 0.6 is 11.6 Å². The van der Waals surface area contributed by atoms with Crippen molar-refractivity contribution in [2.24, 2.45) is 0 Å². The second-order valence-electron chi connectivity index (χ2n) is 6.27. The van der Waals surface area contributed by atoms with Gasteiger partial charge in [0.1, 0.15) is 5.15 Å². The Labute approximate surface area is 138 Å². The van der Waals surface area contributed by atoms with E-state index in [1.54, 1.807) is 6.08 Å². The van der Waals surface area contributed by atoms with Gasteiger partial charge in [0.15, 0.2) is 0 Å². The number of unbranched alkanes of at least 4 members (excludes halogenated alkanes) is 1. The van der Waals surface area contributed by atoms with Gasteiger partial charge in [0.05, 0.1) is 5.69 Å². The highest BCUT2D eigenvalue weighted by molar-refractivity contribution is 6.31. The molecule has 5 heteroatoms. The first-order chi connectivity index (χ1) is 10.5. The summed E-state index contributed by atoms with van der Waals surface area (Å²) in [5.74, 6) is 0.0641. The van der Waals surface area contributed by atoms with Crippen molar-refractivity contribution in [1.29, 1.82) is 0 Å². The lowest BCUT2D eigenvalue weighted by atomic mass is 10.2. The van der Waals surface area contributed by atoms with Crippen LogP contribution in [0.25, 0.3) is 6.08 Å². The van der Waals surface area contributed by atoms with E-state index in [1.165, 1.54) is 0 Å². The molecule has 1 aromatic heterocycles. The van der Waals surface area contributed by atoms with Gasteiger partial charge in [-0.2, -0.15) is 5.10 Å². The number of hydrogen-bond donors (Lipinski definition) is 0. The van der Waals surface area contributed by atoms with Gasteiger partial charge >= 0.3 is 0 Å². The Bertz CT molecular complexity index is 556. The molecule has 0 radical (unpaired) electrons. The number of halogens is 1. The molecule has 1 heterocycles. The average Bonchev–Trinajstić information content (AvgIpc) is 3.23. The normalized spacial score (nSPS) is 15.0. The lowest BCUT2D eigenvalue weighted by molar-refractivity contribution is -0.128. The van der Waals surface area contributed by atoms with Crippen LogP contribution in [0.5, 0.6) is 0 Å². The van der Waals surface area contributed by atoms with Gasteiger partial charge in [-0.25, -0.2) is 0 Å². The van der Waals surface area contributed by atoms with Crippen molar-refractivity contribution in [3.05, 3.63) is 22.5 Å². The summed E-state index contributed by atoms with van der Waals surface area (Å²) in [6.07, 6.45) is 7.83. The number of carbonyl (C=O) groups is 1. The SMILES string of the molecule is CCCCn1nc(C)c(/C=C/C(=O)N(C(C)C)C2CC2)c1Cl. The van der Waals surface area contributed by atoms with Crippen LogP contribution in [-0.4, -0.2) is 32.7 Å². The zero-order valence-electron chi connectivity index (χ0n) is 14.0. The standard InChI is InChI=1S/C17H26ClN3O/c1-5-6-11-20-17(18)15(13(4)19-20)9-10-16(22)21(12(2)3)14-7-8-14/h9-10,12,14H,5-8,11H2,1-4H3/b10-9+. The van der Waals surface area contributed by atoms with Crippen molar-refractivity contribution in [3.8, 4) is 0 Å². The maximum Gasteiger partial charge on any atom is 0.247 e. The van der Waals surface area contributed by atoms with Crippen LogP contribution in [0.3, 0.4) is 0 Å². The summed E-state index contributed by atoms with van der Waals surface area (Å²) in [5, 5.41) is 5.08. The molecule has 0 N–H and O–H groups in total. The molecule has 0 unspecified atom stereocenters. The van der Waals surface area contributed by atoms with Crippen molar-refractivity contribution < 1.29 is 4.79 Å². The number of aryl methyl sites for hydroxylation is 2. The van der Waals surface area contributed by atoms with Crippen LogP contribution in [0.2, 0.25) is 5.15 Å². The molecule has 4 nitrogen and oxygen atoms in total. The fourth-order valence-electron chi connectivity index (χ4n) is 2.66.